The molecule has 1 fully saturated rings. The first kappa shape index (κ1) is 23.0. The number of hydrogen-bond donors (Lipinski definition) is 1. The van der Waals surface area contributed by atoms with Gasteiger partial charge in [-0.2, -0.15) is 0 Å². The van der Waals surface area contributed by atoms with Gasteiger partial charge in [-0.1, -0.05) is 0 Å². The number of amides is 1. The predicted octanol–water partition coefficient (Wildman–Crippen LogP) is 4.34. The van der Waals surface area contributed by atoms with E-state index in [0.717, 1.165) is 55.2 Å². The molecule has 0 spiro atoms. The van der Waals surface area contributed by atoms with Crippen LogP contribution in [-0.2, 0) is 27.2 Å². The van der Waals surface area contributed by atoms with Crippen molar-refractivity contribution in [1.29, 1.82) is 0 Å². The number of rotatable bonds is 6. The average Bonchev–Trinajstić information content (AvgIpc) is 3.06. The van der Waals surface area contributed by atoms with Crippen LogP contribution in [0.3, 0.4) is 0 Å². The van der Waals surface area contributed by atoms with Crippen molar-refractivity contribution in [3.05, 3.63) is 16.8 Å². The summed E-state index contributed by atoms with van der Waals surface area (Å²) in [6.07, 6.45) is 9.00. The van der Waals surface area contributed by atoms with Crippen LogP contribution in [0.5, 0.6) is 5.88 Å². The maximum Gasteiger partial charge on any atom is 0.306 e. The highest BCUT2D eigenvalue weighted by atomic mass is 32.1. The Labute approximate surface area is 193 Å². The molecule has 174 valence electrons. The van der Waals surface area contributed by atoms with Gasteiger partial charge in [-0.15, -0.1) is 11.3 Å². The van der Waals surface area contributed by atoms with Crippen molar-refractivity contribution in [1.82, 2.24) is 9.97 Å². The van der Waals surface area contributed by atoms with E-state index in [2.05, 4.69) is 9.97 Å². The fourth-order valence-corrected chi connectivity index (χ4v) is 6.10. The minimum atomic E-state index is -0.439. The minimum absolute atomic E-state index is 0.0866. The second-order valence-corrected chi connectivity index (χ2v) is 11.3. The molecule has 0 saturated heterocycles. The van der Waals surface area contributed by atoms with E-state index in [4.69, 9.17) is 15.2 Å². The number of fused-ring (bicyclic) bond motifs is 3. The summed E-state index contributed by atoms with van der Waals surface area (Å²) in [6, 6.07) is 0. The standard InChI is InChI=1S/C24H33N3O4S/c1-24(2,3)31-20(29)12-14-4-7-16(8-5-14)30-22-21-17-10-15(11-19(25)28)6-9-18(17)32-23(21)27-13-26-22/h13-16H,4-12H2,1-3H3,(H2,25,28)/t14?,15-,16?/m0/s1. The SMILES string of the molecule is CC(C)(C)OC(=O)CC1CCC(Oc2ncnc3sc4c(c23)C[C@@H](CC(N)=O)CC4)CC1. The monoisotopic (exact) mass is 459 g/mol. The summed E-state index contributed by atoms with van der Waals surface area (Å²) in [5, 5.41) is 1.01. The van der Waals surface area contributed by atoms with Crippen molar-refractivity contribution in [2.24, 2.45) is 17.6 Å². The van der Waals surface area contributed by atoms with Crippen LogP contribution in [-0.4, -0.2) is 33.5 Å². The topological polar surface area (TPSA) is 104 Å². The summed E-state index contributed by atoms with van der Waals surface area (Å²) in [4.78, 5) is 34.8. The van der Waals surface area contributed by atoms with Crippen molar-refractivity contribution in [2.45, 2.75) is 90.3 Å². The highest BCUT2D eigenvalue weighted by Crippen LogP contribution is 2.42. The quantitative estimate of drug-likeness (QED) is 0.644. The zero-order chi connectivity index (χ0) is 22.9. The van der Waals surface area contributed by atoms with Gasteiger partial charge in [-0.3, -0.25) is 9.59 Å². The van der Waals surface area contributed by atoms with Crippen LogP contribution in [0, 0.1) is 11.8 Å². The van der Waals surface area contributed by atoms with Gasteiger partial charge in [0, 0.05) is 17.7 Å². The van der Waals surface area contributed by atoms with Gasteiger partial charge in [0.1, 0.15) is 22.9 Å². The normalized spacial score (nSPS) is 23.5. The van der Waals surface area contributed by atoms with Crippen LogP contribution in [0.4, 0.5) is 0 Å². The van der Waals surface area contributed by atoms with Gasteiger partial charge in [0.2, 0.25) is 11.8 Å². The molecule has 7 nitrogen and oxygen atoms in total. The van der Waals surface area contributed by atoms with Gasteiger partial charge in [-0.05, 0) is 83.1 Å². The number of nitrogens with two attached hydrogens (primary N) is 1. The molecule has 2 aliphatic rings. The summed E-state index contributed by atoms with van der Waals surface area (Å²) >= 11 is 1.71. The third-order valence-electron chi connectivity index (χ3n) is 6.35. The van der Waals surface area contributed by atoms with Gasteiger partial charge in [0.25, 0.3) is 0 Å². The van der Waals surface area contributed by atoms with E-state index >= 15 is 0 Å². The molecule has 32 heavy (non-hydrogen) atoms. The first-order valence-electron chi connectivity index (χ1n) is 11.6. The highest BCUT2D eigenvalue weighted by molar-refractivity contribution is 7.18. The van der Waals surface area contributed by atoms with Gasteiger partial charge < -0.3 is 15.2 Å². The number of ether oxygens (including phenoxy) is 2. The Morgan fingerprint density at radius 1 is 1.09 bits per heavy atom. The third-order valence-corrected chi connectivity index (χ3v) is 7.55. The first-order valence-corrected chi connectivity index (χ1v) is 12.4. The molecule has 0 bridgehead atoms. The molecule has 2 heterocycles. The zero-order valence-corrected chi connectivity index (χ0v) is 20.0. The molecule has 2 N–H and O–H groups in total. The van der Waals surface area contributed by atoms with Crippen LogP contribution in [0.2, 0.25) is 0 Å². The first-order chi connectivity index (χ1) is 15.2. The summed E-state index contributed by atoms with van der Waals surface area (Å²) in [5.74, 6) is 0.916. The molecule has 2 aromatic rings. The highest BCUT2D eigenvalue weighted by Gasteiger charge is 2.30. The number of aryl methyl sites for hydroxylation is 1. The maximum atomic E-state index is 12.1. The molecule has 1 saturated carbocycles. The number of carbonyl (C=O) groups excluding carboxylic acids is 2. The number of nitrogens with zero attached hydrogens (tertiary/aromatic N) is 2. The van der Waals surface area contributed by atoms with Crippen LogP contribution < -0.4 is 10.5 Å². The van der Waals surface area contributed by atoms with Crippen molar-refractivity contribution in [2.75, 3.05) is 0 Å². The second kappa shape index (κ2) is 9.33. The van der Waals surface area contributed by atoms with Crippen molar-refractivity contribution < 1.29 is 19.1 Å². The van der Waals surface area contributed by atoms with E-state index in [0.29, 0.717) is 24.6 Å². The lowest BCUT2D eigenvalue weighted by molar-refractivity contribution is -0.156. The molecule has 8 heteroatoms. The van der Waals surface area contributed by atoms with E-state index in [1.165, 1.54) is 10.4 Å². The molecule has 2 aromatic heterocycles. The lowest BCUT2D eigenvalue weighted by Gasteiger charge is -2.29. The Morgan fingerprint density at radius 2 is 1.84 bits per heavy atom. The Bertz CT molecular complexity index is 989. The fraction of sp³-hybridized carbons (Fsp3) is 0.667. The van der Waals surface area contributed by atoms with Gasteiger partial charge in [0.15, 0.2) is 0 Å². The van der Waals surface area contributed by atoms with Crippen LogP contribution in [0.15, 0.2) is 6.33 Å². The second-order valence-electron chi connectivity index (χ2n) is 10.2. The van der Waals surface area contributed by atoms with E-state index in [-0.39, 0.29) is 23.9 Å². The predicted molar refractivity (Wildman–Crippen MR) is 124 cm³/mol. The lowest BCUT2D eigenvalue weighted by atomic mass is 9.84. The molecule has 1 atom stereocenters. The van der Waals surface area contributed by atoms with Crippen molar-refractivity contribution in [3.8, 4) is 5.88 Å². The molecule has 1 amide bonds. The number of primary amides is 1. The molecular formula is C24H33N3O4S. The van der Waals surface area contributed by atoms with Gasteiger partial charge >= 0.3 is 5.97 Å². The Morgan fingerprint density at radius 3 is 2.53 bits per heavy atom. The number of thiophene rings is 1. The van der Waals surface area contributed by atoms with Gasteiger partial charge in [0.05, 0.1) is 5.39 Å². The van der Waals surface area contributed by atoms with Crippen LogP contribution in [0.1, 0.15) is 76.2 Å². The third kappa shape index (κ3) is 5.57. The lowest BCUT2D eigenvalue weighted by Crippen LogP contribution is -2.29. The van der Waals surface area contributed by atoms with Crippen LogP contribution >= 0.6 is 11.3 Å². The Hall–Kier alpha value is -2.22. The molecule has 0 unspecified atom stereocenters. The van der Waals surface area contributed by atoms with E-state index in [9.17, 15) is 9.59 Å². The molecule has 0 radical (unpaired) electrons. The summed E-state index contributed by atoms with van der Waals surface area (Å²) in [5.41, 5.74) is 6.24. The van der Waals surface area contributed by atoms with Gasteiger partial charge in [-0.25, -0.2) is 9.97 Å². The molecule has 0 aromatic carbocycles. The number of aromatic nitrogens is 2. The number of esters is 1. The van der Waals surface area contributed by atoms with Crippen LogP contribution in [0.25, 0.3) is 10.2 Å². The molecular weight excluding hydrogens is 426 g/mol. The number of carbonyl (C=O) groups is 2. The largest absolute Gasteiger partial charge is 0.474 e. The molecule has 0 aliphatic heterocycles. The fourth-order valence-electron chi connectivity index (χ4n) is 4.93. The molecule has 2 aliphatic carbocycles. The summed E-state index contributed by atoms with van der Waals surface area (Å²) < 4.78 is 11.9. The molecule has 4 rings (SSSR count). The minimum Gasteiger partial charge on any atom is -0.474 e. The smallest absolute Gasteiger partial charge is 0.306 e. The Balaban J connectivity index is 1.41. The zero-order valence-electron chi connectivity index (χ0n) is 19.2. The summed E-state index contributed by atoms with van der Waals surface area (Å²) in [7, 11) is 0. The summed E-state index contributed by atoms with van der Waals surface area (Å²) in [6.45, 7) is 5.70. The number of hydrogen-bond acceptors (Lipinski definition) is 7. The Kier molecular flexibility index (Phi) is 6.70. The van der Waals surface area contributed by atoms with E-state index in [1.807, 2.05) is 20.8 Å². The maximum absolute atomic E-state index is 12.1. The van der Waals surface area contributed by atoms with Crippen molar-refractivity contribution in [3.63, 3.8) is 0 Å². The van der Waals surface area contributed by atoms with E-state index in [1.54, 1.807) is 17.7 Å². The van der Waals surface area contributed by atoms with Crippen molar-refractivity contribution >= 4 is 33.4 Å². The van der Waals surface area contributed by atoms with E-state index < -0.39 is 5.60 Å². The average molecular weight is 460 g/mol.